The molecule has 1 aromatic carbocycles. The number of carbonyl (C=O) groups is 2. The number of hydrogen-bond acceptors (Lipinski definition) is 4. The first-order chi connectivity index (χ1) is 10.1. The van der Waals surface area contributed by atoms with Crippen LogP contribution < -0.4 is 14.8 Å². The lowest BCUT2D eigenvalue weighted by atomic mass is 10.1. The Labute approximate surface area is 122 Å². The number of ether oxygens (including phenoxy) is 2. The fraction of sp³-hybridized carbons (Fsp3) is 0.467. The molecular weight excluding hydrogens is 274 g/mol. The molecule has 6 nitrogen and oxygen atoms in total. The second-order valence-corrected chi connectivity index (χ2v) is 5.41. The zero-order chi connectivity index (χ0) is 14.8. The highest BCUT2D eigenvalue weighted by atomic mass is 16.7. The molecule has 1 aliphatic carbocycles. The lowest BCUT2D eigenvalue weighted by Crippen LogP contribution is -2.42. The third kappa shape index (κ3) is 3.26. The fourth-order valence-corrected chi connectivity index (χ4v) is 2.41. The van der Waals surface area contributed by atoms with Crippen LogP contribution in [0.2, 0.25) is 0 Å². The normalized spacial score (nSPS) is 17.3. The van der Waals surface area contributed by atoms with E-state index in [2.05, 4.69) is 5.32 Å². The number of carboxylic acids is 1. The topological polar surface area (TPSA) is 84.9 Å². The minimum atomic E-state index is -0.950. The fourth-order valence-electron chi connectivity index (χ4n) is 2.41. The van der Waals surface area contributed by atoms with Gasteiger partial charge in [0.25, 0.3) is 0 Å². The highest BCUT2D eigenvalue weighted by Gasteiger charge is 2.37. The van der Waals surface area contributed by atoms with Crippen molar-refractivity contribution in [3.8, 4) is 11.5 Å². The quantitative estimate of drug-likeness (QED) is 0.826. The average Bonchev–Trinajstić information content (AvgIpc) is 3.19. The van der Waals surface area contributed by atoms with Crippen molar-refractivity contribution in [3.63, 3.8) is 0 Å². The van der Waals surface area contributed by atoms with Gasteiger partial charge in [0, 0.05) is 6.42 Å². The zero-order valence-corrected chi connectivity index (χ0v) is 11.5. The Morgan fingerprint density at radius 2 is 2.05 bits per heavy atom. The number of benzene rings is 1. The maximum Gasteiger partial charge on any atom is 0.326 e. The zero-order valence-electron chi connectivity index (χ0n) is 11.5. The van der Waals surface area contributed by atoms with Crippen LogP contribution in [0, 0.1) is 5.92 Å². The minimum Gasteiger partial charge on any atom is -0.480 e. The third-order valence-corrected chi connectivity index (χ3v) is 3.75. The van der Waals surface area contributed by atoms with Gasteiger partial charge in [0.2, 0.25) is 12.7 Å². The lowest BCUT2D eigenvalue weighted by Gasteiger charge is -2.13. The summed E-state index contributed by atoms with van der Waals surface area (Å²) in [4.78, 5) is 22.9. The van der Waals surface area contributed by atoms with E-state index in [1.807, 2.05) is 18.2 Å². The Kier molecular flexibility index (Phi) is 3.68. The van der Waals surface area contributed by atoms with E-state index in [1.54, 1.807) is 0 Å². The number of hydrogen-bond donors (Lipinski definition) is 2. The van der Waals surface area contributed by atoms with Crippen molar-refractivity contribution >= 4 is 11.9 Å². The van der Waals surface area contributed by atoms with Gasteiger partial charge in [-0.05, 0) is 42.9 Å². The summed E-state index contributed by atoms with van der Waals surface area (Å²) in [5.74, 6) is 0.315. The monoisotopic (exact) mass is 291 g/mol. The predicted molar refractivity (Wildman–Crippen MR) is 73.2 cm³/mol. The number of rotatable bonds is 6. The van der Waals surface area contributed by atoms with Gasteiger partial charge in [0.1, 0.15) is 6.04 Å². The molecule has 1 saturated carbocycles. The van der Waals surface area contributed by atoms with E-state index in [-0.39, 0.29) is 25.0 Å². The maximum absolute atomic E-state index is 11.9. The first-order valence-electron chi connectivity index (χ1n) is 7.04. The van der Waals surface area contributed by atoms with Crippen LogP contribution in [0.4, 0.5) is 0 Å². The van der Waals surface area contributed by atoms with Crippen molar-refractivity contribution in [3.05, 3.63) is 23.8 Å². The molecule has 3 rings (SSSR count). The molecule has 21 heavy (non-hydrogen) atoms. The van der Waals surface area contributed by atoms with Crippen LogP contribution in [0.1, 0.15) is 24.8 Å². The Morgan fingerprint density at radius 1 is 1.29 bits per heavy atom. The van der Waals surface area contributed by atoms with Crippen LogP contribution in [0.25, 0.3) is 0 Å². The van der Waals surface area contributed by atoms with Crippen LogP contribution in [0.5, 0.6) is 11.5 Å². The minimum absolute atomic E-state index is 0.0944. The van der Waals surface area contributed by atoms with Crippen molar-refractivity contribution in [2.75, 3.05) is 6.79 Å². The van der Waals surface area contributed by atoms with Crippen LogP contribution in [0.3, 0.4) is 0 Å². The maximum atomic E-state index is 11.9. The standard InChI is InChI=1S/C15H17NO5/c17-13(16-14(15(18)19)10-3-4-10)6-2-9-1-5-11-12(7-9)21-8-20-11/h1,5,7,10,14H,2-4,6,8H2,(H,16,17)(H,18,19). The van der Waals surface area contributed by atoms with Crippen molar-refractivity contribution < 1.29 is 24.2 Å². The molecule has 0 radical (unpaired) electrons. The van der Waals surface area contributed by atoms with Gasteiger partial charge in [-0.15, -0.1) is 0 Å². The van der Waals surface area contributed by atoms with Gasteiger partial charge in [-0.1, -0.05) is 6.07 Å². The van der Waals surface area contributed by atoms with Gasteiger partial charge in [-0.3, -0.25) is 4.79 Å². The van der Waals surface area contributed by atoms with Crippen molar-refractivity contribution in [1.82, 2.24) is 5.32 Å². The molecule has 0 bridgehead atoms. The molecule has 2 aliphatic rings. The van der Waals surface area contributed by atoms with Crippen LogP contribution >= 0.6 is 0 Å². The number of aryl methyl sites for hydroxylation is 1. The summed E-state index contributed by atoms with van der Waals surface area (Å²) in [5, 5.41) is 11.7. The molecule has 1 heterocycles. The second-order valence-electron chi connectivity index (χ2n) is 5.41. The summed E-state index contributed by atoms with van der Waals surface area (Å²) in [7, 11) is 0. The van der Waals surface area contributed by atoms with Gasteiger partial charge in [0.05, 0.1) is 0 Å². The van der Waals surface area contributed by atoms with Crippen LogP contribution in [0.15, 0.2) is 18.2 Å². The van der Waals surface area contributed by atoms with E-state index in [0.29, 0.717) is 17.9 Å². The van der Waals surface area contributed by atoms with Gasteiger partial charge >= 0.3 is 5.97 Å². The van der Waals surface area contributed by atoms with Crippen LogP contribution in [-0.4, -0.2) is 29.8 Å². The summed E-state index contributed by atoms with van der Waals surface area (Å²) in [6.07, 6.45) is 2.55. The Balaban J connectivity index is 1.52. The van der Waals surface area contributed by atoms with E-state index >= 15 is 0 Å². The number of fused-ring (bicyclic) bond motifs is 1. The van der Waals surface area contributed by atoms with Gasteiger partial charge in [-0.25, -0.2) is 4.79 Å². The van der Waals surface area contributed by atoms with Crippen molar-refractivity contribution in [2.24, 2.45) is 5.92 Å². The predicted octanol–water partition coefficient (Wildman–Crippen LogP) is 1.33. The molecule has 1 aromatic rings. The van der Waals surface area contributed by atoms with E-state index in [1.165, 1.54) is 0 Å². The smallest absolute Gasteiger partial charge is 0.326 e. The van der Waals surface area contributed by atoms with Crippen molar-refractivity contribution in [1.29, 1.82) is 0 Å². The largest absolute Gasteiger partial charge is 0.480 e. The summed E-state index contributed by atoms with van der Waals surface area (Å²) >= 11 is 0. The first-order valence-corrected chi connectivity index (χ1v) is 7.04. The summed E-state index contributed by atoms with van der Waals surface area (Å²) < 4.78 is 10.5. The number of carbonyl (C=O) groups excluding carboxylic acids is 1. The highest BCUT2D eigenvalue weighted by Crippen LogP contribution is 2.33. The van der Waals surface area contributed by atoms with E-state index < -0.39 is 12.0 Å². The highest BCUT2D eigenvalue weighted by molar-refractivity contribution is 5.84. The molecule has 6 heteroatoms. The van der Waals surface area contributed by atoms with Crippen LogP contribution in [-0.2, 0) is 16.0 Å². The molecule has 112 valence electrons. The molecule has 0 saturated heterocycles. The molecule has 2 N–H and O–H groups in total. The molecule has 0 spiro atoms. The SMILES string of the molecule is O=C(CCc1ccc2c(c1)OCO2)NC(C(=O)O)C1CC1. The molecule has 1 aliphatic heterocycles. The number of carboxylic acid groups (broad SMARTS) is 1. The van der Waals surface area contributed by atoms with E-state index in [4.69, 9.17) is 14.6 Å². The molecule has 1 atom stereocenters. The van der Waals surface area contributed by atoms with E-state index in [0.717, 1.165) is 18.4 Å². The summed E-state index contributed by atoms with van der Waals surface area (Å²) in [5.41, 5.74) is 0.965. The first kappa shape index (κ1) is 13.7. The average molecular weight is 291 g/mol. The molecular formula is C15H17NO5. The summed E-state index contributed by atoms with van der Waals surface area (Å²) in [6, 6.07) is 4.82. The second kappa shape index (κ2) is 5.63. The lowest BCUT2D eigenvalue weighted by molar-refractivity contribution is -0.142. The van der Waals surface area contributed by atoms with E-state index in [9.17, 15) is 9.59 Å². The Bertz CT molecular complexity index is 567. The van der Waals surface area contributed by atoms with Gasteiger partial charge < -0.3 is 19.9 Å². The number of amides is 1. The number of aliphatic carboxylic acids is 1. The van der Waals surface area contributed by atoms with Gasteiger partial charge in [-0.2, -0.15) is 0 Å². The Hall–Kier alpha value is -2.24. The molecule has 1 amide bonds. The van der Waals surface area contributed by atoms with Gasteiger partial charge in [0.15, 0.2) is 11.5 Å². The Morgan fingerprint density at radius 3 is 2.76 bits per heavy atom. The van der Waals surface area contributed by atoms with Crippen molar-refractivity contribution in [2.45, 2.75) is 31.7 Å². The molecule has 0 aromatic heterocycles. The number of nitrogens with one attached hydrogen (secondary N) is 1. The molecule has 1 unspecified atom stereocenters. The third-order valence-electron chi connectivity index (χ3n) is 3.75. The summed E-state index contributed by atoms with van der Waals surface area (Å²) in [6.45, 7) is 0.223. The molecule has 1 fully saturated rings.